The Labute approximate surface area is 105 Å². The Hall–Kier alpha value is -1.81. The lowest BCUT2D eigenvalue weighted by atomic mass is 10.0. The van der Waals surface area contributed by atoms with Gasteiger partial charge in [-0.25, -0.2) is 0 Å². The van der Waals surface area contributed by atoms with E-state index in [1.54, 1.807) is 4.57 Å². The normalized spacial score (nSPS) is 15.8. The molecule has 18 heavy (non-hydrogen) atoms. The lowest BCUT2D eigenvalue weighted by Gasteiger charge is -2.25. The van der Waals surface area contributed by atoms with Crippen molar-refractivity contribution in [1.29, 1.82) is 0 Å². The SMILES string of the molecule is Cc1cc2c(N)cccc2n1C(=O)CC1COC1. The number of fused-ring (bicyclic) bond motifs is 1. The van der Waals surface area contributed by atoms with Crippen molar-refractivity contribution in [3.05, 3.63) is 30.0 Å². The third kappa shape index (κ3) is 1.69. The van der Waals surface area contributed by atoms with Crippen molar-refractivity contribution in [2.75, 3.05) is 18.9 Å². The number of nitrogens with zero attached hydrogens (tertiary/aromatic N) is 1. The van der Waals surface area contributed by atoms with E-state index >= 15 is 0 Å². The lowest BCUT2D eigenvalue weighted by molar-refractivity contribution is -0.0332. The summed E-state index contributed by atoms with van der Waals surface area (Å²) in [4.78, 5) is 12.3. The van der Waals surface area contributed by atoms with Crippen LogP contribution in [0.2, 0.25) is 0 Å². The second-order valence-corrected chi connectivity index (χ2v) is 4.90. The number of ether oxygens (including phenoxy) is 1. The van der Waals surface area contributed by atoms with Gasteiger partial charge in [0.15, 0.2) is 0 Å². The van der Waals surface area contributed by atoms with Gasteiger partial charge in [0, 0.05) is 29.1 Å². The molecule has 1 aliphatic heterocycles. The largest absolute Gasteiger partial charge is 0.398 e. The summed E-state index contributed by atoms with van der Waals surface area (Å²) in [7, 11) is 0. The van der Waals surface area contributed by atoms with Gasteiger partial charge in [-0.3, -0.25) is 9.36 Å². The summed E-state index contributed by atoms with van der Waals surface area (Å²) in [5, 5.41) is 0.952. The average molecular weight is 244 g/mol. The van der Waals surface area contributed by atoms with Crippen LogP contribution in [0.5, 0.6) is 0 Å². The van der Waals surface area contributed by atoms with E-state index in [0.29, 0.717) is 31.2 Å². The third-order valence-corrected chi connectivity index (χ3v) is 3.48. The van der Waals surface area contributed by atoms with E-state index in [0.717, 1.165) is 16.6 Å². The fourth-order valence-corrected chi connectivity index (χ4v) is 2.46. The van der Waals surface area contributed by atoms with Gasteiger partial charge in [0.25, 0.3) is 0 Å². The van der Waals surface area contributed by atoms with Gasteiger partial charge in [-0.05, 0) is 25.1 Å². The molecule has 1 saturated heterocycles. The van der Waals surface area contributed by atoms with Crippen LogP contribution in [0.25, 0.3) is 10.9 Å². The molecule has 1 aromatic carbocycles. The standard InChI is InChI=1S/C14H16N2O2/c1-9-5-11-12(15)3-2-4-13(11)16(9)14(17)6-10-7-18-8-10/h2-5,10H,6-8,15H2,1H3. The molecule has 4 nitrogen and oxygen atoms in total. The van der Waals surface area contributed by atoms with Gasteiger partial charge in [-0.1, -0.05) is 6.07 Å². The van der Waals surface area contributed by atoms with Crippen molar-refractivity contribution in [3.8, 4) is 0 Å². The number of hydrogen-bond donors (Lipinski definition) is 1. The van der Waals surface area contributed by atoms with E-state index < -0.39 is 0 Å². The highest BCUT2D eigenvalue weighted by Gasteiger charge is 2.24. The van der Waals surface area contributed by atoms with Crippen molar-refractivity contribution in [3.63, 3.8) is 0 Å². The zero-order valence-corrected chi connectivity index (χ0v) is 10.3. The van der Waals surface area contributed by atoms with Crippen LogP contribution in [0.15, 0.2) is 24.3 Å². The smallest absolute Gasteiger partial charge is 0.231 e. The number of nitrogen functional groups attached to an aromatic ring is 1. The molecule has 3 rings (SSSR count). The van der Waals surface area contributed by atoms with Gasteiger partial charge in [-0.15, -0.1) is 0 Å². The summed E-state index contributed by atoms with van der Waals surface area (Å²) < 4.78 is 6.88. The van der Waals surface area contributed by atoms with Crippen LogP contribution in [0.1, 0.15) is 16.9 Å². The predicted octanol–water partition coefficient (Wildman–Crippen LogP) is 2.21. The first-order valence-electron chi connectivity index (χ1n) is 6.14. The van der Waals surface area contributed by atoms with E-state index in [-0.39, 0.29) is 5.91 Å². The maximum absolute atomic E-state index is 12.3. The zero-order valence-electron chi connectivity index (χ0n) is 10.3. The van der Waals surface area contributed by atoms with Crippen molar-refractivity contribution < 1.29 is 9.53 Å². The molecule has 0 amide bonds. The van der Waals surface area contributed by atoms with Crippen molar-refractivity contribution >= 4 is 22.5 Å². The molecule has 0 radical (unpaired) electrons. The summed E-state index contributed by atoms with van der Waals surface area (Å²) in [6, 6.07) is 7.65. The summed E-state index contributed by atoms with van der Waals surface area (Å²) in [5.74, 6) is 0.497. The van der Waals surface area contributed by atoms with Crippen LogP contribution in [0, 0.1) is 12.8 Å². The molecule has 4 heteroatoms. The first-order chi connectivity index (χ1) is 8.66. The summed E-state index contributed by atoms with van der Waals surface area (Å²) in [5.41, 5.74) is 8.49. The molecule has 0 saturated carbocycles. The molecule has 2 aromatic rings. The van der Waals surface area contributed by atoms with Crippen LogP contribution in [-0.4, -0.2) is 23.7 Å². The maximum Gasteiger partial charge on any atom is 0.231 e. The molecule has 94 valence electrons. The second kappa shape index (κ2) is 4.14. The maximum atomic E-state index is 12.3. The number of hydrogen-bond acceptors (Lipinski definition) is 3. The highest BCUT2D eigenvalue weighted by atomic mass is 16.5. The van der Waals surface area contributed by atoms with Gasteiger partial charge in [0.05, 0.1) is 18.7 Å². The minimum absolute atomic E-state index is 0.126. The summed E-state index contributed by atoms with van der Waals surface area (Å²) in [6.07, 6.45) is 0.541. The number of benzene rings is 1. The molecular formula is C14H16N2O2. The van der Waals surface area contributed by atoms with Crippen molar-refractivity contribution in [2.24, 2.45) is 5.92 Å². The molecule has 1 fully saturated rings. The fraction of sp³-hybridized carbons (Fsp3) is 0.357. The Morgan fingerprint density at radius 3 is 2.94 bits per heavy atom. The lowest BCUT2D eigenvalue weighted by Crippen LogP contribution is -2.31. The van der Waals surface area contributed by atoms with E-state index in [2.05, 4.69) is 0 Å². The molecule has 0 atom stereocenters. The summed E-state index contributed by atoms with van der Waals surface area (Å²) in [6.45, 7) is 3.34. The Bertz CT molecular complexity index is 612. The molecule has 2 heterocycles. The number of anilines is 1. The van der Waals surface area contributed by atoms with Crippen LogP contribution in [0.3, 0.4) is 0 Å². The van der Waals surface area contributed by atoms with E-state index in [4.69, 9.17) is 10.5 Å². The fourth-order valence-electron chi connectivity index (χ4n) is 2.46. The Morgan fingerprint density at radius 2 is 2.28 bits per heavy atom. The number of aromatic nitrogens is 1. The molecule has 0 spiro atoms. The molecule has 2 N–H and O–H groups in total. The van der Waals surface area contributed by atoms with Gasteiger partial charge in [0.1, 0.15) is 0 Å². The second-order valence-electron chi connectivity index (χ2n) is 4.90. The van der Waals surface area contributed by atoms with Crippen LogP contribution < -0.4 is 5.73 Å². The zero-order chi connectivity index (χ0) is 12.7. The third-order valence-electron chi connectivity index (χ3n) is 3.48. The van der Waals surface area contributed by atoms with Crippen LogP contribution in [0.4, 0.5) is 5.69 Å². The summed E-state index contributed by atoms with van der Waals surface area (Å²) >= 11 is 0. The number of carbonyl (C=O) groups excluding carboxylic acids is 1. The number of nitrogens with two attached hydrogens (primary N) is 1. The topological polar surface area (TPSA) is 57.2 Å². The van der Waals surface area contributed by atoms with Gasteiger partial charge >= 0.3 is 0 Å². The number of rotatable bonds is 2. The van der Waals surface area contributed by atoms with E-state index in [1.165, 1.54) is 0 Å². The Morgan fingerprint density at radius 1 is 1.50 bits per heavy atom. The first kappa shape index (κ1) is 11.3. The van der Waals surface area contributed by atoms with E-state index in [1.807, 2.05) is 31.2 Å². The minimum atomic E-state index is 0.126. The molecule has 1 aromatic heterocycles. The predicted molar refractivity (Wildman–Crippen MR) is 70.6 cm³/mol. The molecule has 0 aliphatic carbocycles. The average Bonchev–Trinajstić information content (AvgIpc) is 2.61. The molecule has 0 bridgehead atoms. The van der Waals surface area contributed by atoms with Gasteiger partial charge in [-0.2, -0.15) is 0 Å². The number of carbonyl (C=O) groups is 1. The van der Waals surface area contributed by atoms with Gasteiger partial charge < -0.3 is 10.5 Å². The molecule has 1 aliphatic rings. The Kier molecular flexibility index (Phi) is 2.59. The monoisotopic (exact) mass is 244 g/mol. The molecule has 0 unspecified atom stereocenters. The van der Waals surface area contributed by atoms with E-state index in [9.17, 15) is 4.79 Å². The number of aryl methyl sites for hydroxylation is 1. The highest BCUT2D eigenvalue weighted by molar-refractivity contribution is 5.99. The van der Waals surface area contributed by atoms with Crippen LogP contribution >= 0.6 is 0 Å². The van der Waals surface area contributed by atoms with Crippen LogP contribution in [-0.2, 0) is 4.74 Å². The Balaban J connectivity index is 2.02. The quantitative estimate of drug-likeness (QED) is 0.824. The van der Waals surface area contributed by atoms with Crippen molar-refractivity contribution in [1.82, 2.24) is 4.57 Å². The van der Waals surface area contributed by atoms with Crippen molar-refractivity contribution in [2.45, 2.75) is 13.3 Å². The molecular weight excluding hydrogens is 228 g/mol. The highest BCUT2D eigenvalue weighted by Crippen LogP contribution is 2.26. The first-order valence-corrected chi connectivity index (χ1v) is 6.14. The minimum Gasteiger partial charge on any atom is -0.398 e. The van der Waals surface area contributed by atoms with Gasteiger partial charge in [0.2, 0.25) is 5.91 Å².